The lowest BCUT2D eigenvalue weighted by atomic mass is 9.80. The molecule has 1 aromatic rings. The van der Waals surface area contributed by atoms with Crippen molar-refractivity contribution in [3.63, 3.8) is 0 Å². The Morgan fingerprint density at radius 3 is 2.58 bits per heavy atom. The first-order valence-electron chi connectivity index (χ1n) is 8.41. The molecule has 3 atom stereocenters. The lowest BCUT2D eigenvalue weighted by molar-refractivity contribution is -0.186. The molecule has 1 aliphatic carbocycles. The van der Waals surface area contributed by atoms with Crippen molar-refractivity contribution in [3.05, 3.63) is 30.3 Å². The first-order valence-corrected chi connectivity index (χ1v) is 8.41. The minimum Gasteiger partial charge on any atom is -0.370 e. The van der Waals surface area contributed by atoms with E-state index in [0.717, 1.165) is 5.69 Å². The largest absolute Gasteiger partial charge is 0.391 e. The lowest BCUT2D eigenvalue weighted by Crippen LogP contribution is -2.43. The molecule has 3 nitrogen and oxygen atoms in total. The number of hydrogen-bond acceptors (Lipinski definition) is 2. The quantitative estimate of drug-likeness (QED) is 0.877. The number of hydrogen-bond donors (Lipinski definition) is 1. The van der Waals surface area contributed by atoms with Crippen molar-refractivity contribution in [1.29, 1.82) is 0 Å². The second-order valence-corrected chi connectivity index (χ2v) is 6.64. The summed E-state index contributed by atoms with van der Waals surface area (Å²) in [4.78, 5) is 14.3. The zero-order valence-corrected chi connectivity index (χ0v) is 14.1. The van der Waals surface area contributed by atoms with Gasteiger partial charge in [-0.3, -0.25) is 4.79 Å². The van der Waals surface area contributed by atoms with Gasteiger partial charge in [0, 0.05) is 31.2 Å². The number of likely N-dealkylation sites (N-methyl/N-ethyl adjacent to an activating group) is 1. The highest BCUT2D eigenvalue weighted by molar-refractivity contribution is 5.78. The fraction of sp³-hybridized carbons (Fsp3) is 0.611. The number of carbonyl (C=O) groups excluding carboxylic acids is 1. The minimum atomic E-state index is -4.19. The normalized spacial score (nSPS) is 22.7. The van der Waals surface area contributed by atoms with E-state index in [9.17, 15) is 18.0 Å². The average Bonchev–Trinajstić information content (AvgIpc) is 2.58. The summed E-state index contributed by atoms with van der Waals surface area (Å²) >= 11 is 0. The SMILES string of the molecule is CC(CNC(=O)C1CCCC(C(F)(F)F)C1)N(C)c1ccccc1. The van der Waals surface area contributed by atoms with Crippen molar-refractivity contribution in [2.24, 2.45) is 11.8 Å². The van der Waals surface area contributed by atoms with Gasteiger partial charge in [-0.15, -0.1) is 0 Å². The number of halogens is 3. The van der Waals surface area contributed by atoms with E-state index in [1.54, 1.807) is 0 Å². The van der Waals surface area contributed by atoms with Crippen LogP contribution >= 0.6 is 0 Å². The van der Waals surface area contributed by atoms with Crippen molar-refractivity contribution >= 4 is 11.6 Å². The zero-order valence-electron chi connectivity index (χ0n) is 14.1. The number of anilines is 1. The molecule has 2 rings (SSSR count). The number of nitrogens with one attached hydrogen (secondary N) is 1. The fourth-order valence-corrected chi connectivity index (χ4v) is 3.17. The van der Waals surface area contributed by atoms with Crippen molar-refractivity contribution in [3.8, 4) is 0 Å². The Morgan fingerprint density at radius 1 is 1.29 bits per heavy atom. The monoisotopic (exact) mass is 342 g/mol. The van der Waals surface area contributed by atoms with Crippen LogP contribution in [0, 0.1) is 11.8 Å². The predicted molar refractivity (Wildman–Crippen MR) is 88.8 cm³/mol. The number of carbonyl (C=O) groups is 1. The van der Waals surface area contributed by atoms with Gasteiger partial charge in [0.05, 0.1) is 5.92 Å². The summed E-state index contributed by atoms with van der Waals surface area (Å²) in [5.74, 6) is -2.12. The fourth-order valence-electron chi connectivity index (χ4n) is 3.17. The van der Waals surface area contributed by atoms with E-state index in [4.69, 9.17) is 0 Å². The standard InChI is InChI=1S/C18H25F3N2O/c1-13(23(2)16-9-4-3-5-10-16)12-22-17(24)14-7-6-8-15(11-14)18(19,20)21/h3-5,9-10,13-15H,6-8,11-12H2,1-2H3,(H,22,24). The van der Waals surface area contributed by atoms with Crippen LogP contribution < -0.4 is 10.2 Å². The van der Waals surface area contributed by atoms with E-state index in [1.165, 1.54) is 0 Å². The summed E-state index contributed by atoms with van der Waals surface area (Å²) in [6.45, 7) is 2.39. The Kier molecular flexibility index (Phi) is 6.13. The van der Waals surface area contributed by atoms with Crippen LogP contribution in [0.3, 0.4) is 0 Å². The van der Waals surface area contributed by atoms with E-state index in [2.05, 4.69) is 5.32 Å². The van der Waals surface area contributed by atoms with Crippen LogP contribution in [0.1, 0.15) is 32.6 Å². The summed E-state index contributed by atoms with van der Waals surface area (Å²) in [5.41, 5.74) is 1.04. The molecule has 1 amide bonds. The maximum Gasteiger partial charge on any atom is 0.391 e. The number of benzene rings is 1. The van der Waals surface area contributed by atoms with Gasteiger partial charge in [0.25, 0.3) is 0 Å². The van der Waals surface area contributed by atoms with E-state index in [-0.39, 0.29) is 24.8 Å². The second-order valence-electron chi connectivity index (χ2n) is 6.64. The number of para-hydroxylation sites is 1. The minimum absolute atomic E-state index is 0.0540. The highest BCUT2D eigenvalue weighted by Gasteiger charge is 2.43. The molecule has 1 aromatic carbocycles. The van der Waals surface area contributed by atoms with E-state index in [0.29, 0.717) is 19.4 Å². The van der Waals surface area contributed by atoms with E-state index < -0.39 is 18.0 Å². The highest BCUT2D eigenvalue weighted by atomic mass is 19.4. The molecule has 0 bridgehead atoms. The molecule has 1 fully saturated rings. The average molecular weight is 342 g/mol. The summed E-state index contributed by atoms with van der Waals surface area (Å²) in [6, 6.07) is 9.83. The van der Waals surface area contributed by atoms with Crippen molar-refractivity contribution < 1.29 is 18.0 Å². The maximum absolute atomic E-state index is 12.8. The smallest absolute Gasteiger partial charge is 0.370 e. The molecule has 0 aromatic heterocycles. The van der Waals surface area contributed by atoms with Crippen LogP contribution in [0.15, 0.2) is 30.3 Å². The molecule has 1 N–H and O–H groups in total. The van der Waals surface area contributed by atoms with Crippen LogP contribution in [0.5, 0.6) is 0 Å². The van der Waals surface area contributed by atoms with Gasteiger partial charge in [-0.1, -0.05) is 24.6 Å². The first kappa shape index (κ1) is 18.6. The van der Waals surface area contributed by atoms with Crippen molar-refractivity contribution in [2.45, 2.75) is 44.8 Å². The molecule has 3 unspecified atom stereocenters. The Morgan fingerprint density at radius 2 is 1.96 bits per heavy atom. The molecule has 0 radical (unpaired) electrons. The van der Waals surface area contributed by atoms with Crippen LogP contribution in [-0.4, -0.2) is 31.7 Å². The number of rotatable bonds is 5. The molecule has 6 heteroatoms. The van der Waals surface area contributed by atoms with Crippen LogP contribution in [0.2, 0.25) is 0 Å². The number of amides is 1. The van der Waals surface area contributed by atoms with Gasteiger partial charge in [-0.25, -0.2) is 0 Å². The molecule has 0 saturated heterocycles. The van der Waals surface area contributed by atoms with Crippen LogP contribution in [0.4, 0.5) is 18.9 Å². The lowest BCUT2D eigenvalue weighted by Gasteiger charge is -2.31. The summed E-state index contributed by atoms with van der Waals surface area (Å²) in [7, 11) is 1.94. The van der Waals surface area contributed by atoms with Gasteiger partial charge >= 0.3 is 6.18 Å². The molecular formula is C18H25F3N2O. The number of alkyl halides is 3. The zero-order chi connectivity index (χ0) is 17.7. The molecule has 0 aliphatic heterocycles. The van der Waals surface area contributed by atoms with Crippen molar-refractivity contribution in [2.75, 3.05) is 18.5 Å². The third-order valence-electron chi connectivity index (χ3n) is 4.90. The Labute approximate surface area is 141 Å². The molecular weight excluding hydrogens is 317 g/mol. The third-order valence-corrected chi connectivity index (χ3v) is 4.90. The van der Waals surface area contributed by atoms with Gasteiger partial charge in [-0.05, 0) is 38.3 Å². The molecule has 24 heavy (non-hydrogen) atoms. The number of nitrogens with zero attached hydrogens (tertiary/aromatic N) is 1. The van der Waals surface area contributed by atoms with Gasteiger partial charge < -0.3 is 10.2 Å². The first-order chi connectivity index (χ1) is 11.3. The molecule has 1 saturated carbocycles. The van der Waals surface area contributed by atoms with Gasteiger partial charge in [0.1, 0.15) is 0 Å². The summed E-state index contributed by atoms with van der Waals surface area (Å²) in [5, 5.41) is 2.83. The van der Waals surface area contributed by atoms with E-state index >= 15 is 0 Å². The van der Waals surface area contributed by atoms with Crippen molar-refractivity contribution in [1.82, 2.24) is 5.32 Å². The van der Waals surface area contributed by atoms with Crippen LogP contribution in [0.25, 0.3) is 0 Å². The van der Waals surface area contributed by atoms with Gasteiger partial charge in [-0.2, -0.15) is 13.2 Å². The summed E-state index contributed by atoms with van der Waals surface area (Å²) < 4.78 is 38.5. The molecule has 134 valence electrons. The Hall–Kier alpha value is -1.72. The Bertz CT molecular complexity index is 533. The summed E-state index contributed by atoms with van der Waals surface area (Å²) in [6.07, 6.45) is -3.14. The predicted octanol–water partition coefficient (Wildman–Crippen LogP) is 4.00. The topological polar surface area (TPSA) is 32.3 Å². The maximum atomic E-state index is 12.8. The third kappa shape index (κ3) is 4.89. The van der Waals surface area contributed by atoms with Gasteiger partial charge in [0.15, 0.2) is 0 Å². The Balaban J connectivity index is 1.84. The van der Waals surface area contributed by atoms with Crippen LogP contribution in [-0.2, 0) is 4.79 Å². The second kappa shape index (κ2) is 7.90. The molecule has 0 spiro atoms. The van der Waals surface area contributed by atoms with E-state index in [1.807, 2.05) is 49.2 Å². The molecule has 1 aliphatic rings. The molecule has 0 heterocycles. The van der Waals surface area contributed by atoms with Gasteiger partial charge in [0.2, 0.25) is 5.91 Å². The highest BCUT2D eigenvalue weighted by Crippen LogP contribution is 2.39.